The van der Waals surface area contributed by atoms with Gasteiger partial charge in [0.2, 0.25) is 0 Å². The molecule has 0 radical (unpaired) electrons. The SMILES string of the molecule is CCc1nncn1CCNC(=NC)NCC1(N2CCCCC2)CCCCC1. The topological polar surface area (TPSA) is 70.4 Å². The van der Waals surface area contributed by atoms with Crippen LogP contribution in [0.25, 0.3) is 0 Å². The van der Waals surface area contributed by atoms with E-state index in [0.29, 0.717) is 5.54 Å². The van der Waals surface area contributed by atoms with E-state index in [4.69, 9.17) is 0 Å². The molecule has 0 atom stereocenters. The van der Waals surface area contributed by atoms with Crippen molar-refractivity contribution in [2.45, 2.75) is 76.8 Å². The number of aryl methyl sites for hydroxylation is 1. The van der Waals surface area contributed by atoms with E-state index in [1.165, 1.54) is 64.5 Å². The van der Waals surface area contributed by atoms with Gasteiger partial charge >= 0.3 is 0 Å². The van der Waals surface area contributed by atoms with Crippen LogP contribution < -0.4 is 10.6 Å². The zero-order chi connectivity index (χ0) is 19.0. The summed E-state index contributed by atoms with van der Waals surface area (Å²) in [6.45, 7) is 7.32. The predicted octanol–water partition coefficient (Wildman–Crippen LogP) is 2.19. The standard InChI is InChI=1S/C20H37N7/c1-3-18-25-24-17-26(18)15-12-22-19(21-2)23-16-20(10-6-4-7-11-20)27-13-8-5-9-14-27/h17H,3-16H2,1-2H3,(H2,21,22,23). The second-order valence-corrected chi connectivity index (χ2v) is 7.98. The number of aliphatic imine (C=N–C) groups is 1. The van der Waals surface area contributed by atoms with Crippen molar-refractivity contribution in [3.8, 4) is 0 Å². The fourth-order valence-electron chi connectivity index (χ4n) is 4.69. The molecule has 1 saturated carbocycles. The van der Waals surface area contributed by atoms with Gasteiger partial charge in [0, 0.05) is 38.6 Å². The van der Waals surface area contributed by atoms with Gasteiger partial charge in [0.1, 0.15) is 12.2 Å². The van der Waals surface area contributed by atoms with Crippen molar-refractivity contribution in [1.82, 2.24) is 30.3 Å². The molecule has 0 amide bonds. The Labute approximate surface area is 164 Å². The van der Waals surface area contributed by atoms with E-state index in [0.717, 1.165) is 37.8 Å². The molecule has 0 aromatic carbocycles. The van der Waals surface area contributed by atoms with Gasteiger partial charge in [-0.25, -0.2) is 0 Å². The highest BCUT2D eigenvalue weighted by Gasteiger charge is 2.38. The second-order valence-electron chi connectivity index (χ2n) is 7.98. The Balaban J connectivity index is 1.51. The van der Waals surface area contributed by atoms with Gasteiger partial charge in [-0.05, 0) is 38.8 Å². The fourth-order valence-corrected chi connectivity index (χ4v) is 4.69. The maximum atomic E-state index is 4.45. The van der Waals surface area contributed by atoms with Gasteiger partial charge in [-0.2, -0.15) is 0 Å². The summed E-state index contributed by atoms with van der Waals surface area (Å²) < 4.78 is 2.11. The minimum absolute atomic E-state index is 0.319. The number of nitrogens with one attached hydrogen (secondary N) is 2. The summed E-state index contributed by atoms with van der Waals surface area (Å²) >= 11 is 0. The number of likely N-dealkylation sites (tertiary alicyclic amines) is 1. The van der Waals surface area contributed by atoms with Crippen LogP contribution >= 0.6 is 0 Å². The minimum Gasteiger partial charge on any atom is -0.355 e. The molecule has 2 heterocycles. The van der Waals surface area contributed by atoms with Crippen molar-refractivity contribution < 1.29 is 0 Å². The van der Waals surface area contributed by atoms with Gasteiger partial charge in [-0.3, -0.25) is 9.89 Å². The van der Waals surface area contributed by atoms with Crippen LogP contribution in [0, 0.1) is 0 Å². The van der Waals surface area contributed by atoms with Gasteiger partial charge in [-0.15, -0.1) is 10.2 Å². The third-order valence-corrected chi connectivity index (χ3v) is 6.28. The molecule has 1 saturated heterocycles. The van der Waals surface area contributed by atoms with Crippen molar-refractivity contribution >= 4 is 5.96 Å². The molecule has 2 N–H and O–H groups in total. The monoisotopic (exact) mass is 375 g/mol. The summed E-state index contributed by atoms with van der Waals surface area (Å²) in [6, 6.07) is 0. The molecule has 0 unspecified atom stereocenters. The van der Waals surface area contributed by atoms with Crippen molar-refractivity contribution in [3.63, 3.8) is 0 Å². The lowest BCUT2D eigenvalue weighted by atomic mass is 9.79. The van der Waals surface area contributed by atoms with Crippen LogP contribution in [0.1, 0.15) is 64.1 Å². The maximum absolute atomic E-state index is 4.45. The largest absolute Gasteiger partial charge is 0.355 e. The van der Waals surface area contributed by atoms with Gasteiger partial charge < -0.3 is 15.2 Å². The summed E-state index contributed by atoms with van der Waals surface area (Å²) in [6.07, 6.45) is 13.6. The lowest BCUT2D eigenvalue weighted by Crippen LogP contribution is -2.59. The molecule has 152 valence electrons. The zero-order valence-corrected chi connectivity index (χ0v) is 17.2. The zero-order valence-electron chi connectivity index (χ0n) is 17.2. The lowest BCUT2D eigenvalue weighted by Gasteiger charge is -2.48. The Morgan fingerprint density at radius 3 is 2.56 bits per heavy atom. The number of hydrogen-bond donors (Lipinski definition) is 2. The van der Waals surface area contributed by atoms with Gasteiger partial charge in [-0.1, -0.05) is 32.6 Å². The van der Waals surface area contributed by atoms with Crippen LogP contribution in [0.4, 0.5) is 0 Å². The number of nitrogens with zero attached hydrogens (tertiary/aromatic N) is 5. The molecular formula is C20H37N7. The van der Waals surface area contributed by atoms with Gasteiger partial charge in [0.15, 0.2) is 5.96 Å². The van der Waals surface area contributed by atoms with Crippen LogP contribution in [-0.4, -0.2) is 64.4 Å². The third-order valence-electron chi connectivity index (χ3n) is 6.28. The Hall–Kier alpha value is -1.63. The van der Waals surface area contributed by atoms with E-state index in [9.17, 15) is 0 Å². The number of aromatic nitrogens is 3. The van der Waals surface area contributed by atoms with Crippen LogP contribution in [0.5, 0.6) is 0 Å². The maximum Gasteiger partial charge on any atom is 0.191 e. The van der Waals surface area contributed by atoms with Crippen molar-refractivity contribution in [2.24, 2.45) is 4.99 Å². The molecule has 1 aliphatic carbocycles. The molecular weight excluding hydrogens is 338 g/mol. The van der Waals surface area contributed by atoms with Crippen LogP contribution in [-0.2, 0) is 13.0 Å². The lowest BCUT2D eigenvalue weighted by molar-refractivity contribution is 0.0368. The molecule has 7 heteroatoms. The highest BCUT2D eigenvalue weighted by molar-refractivity contribution is 5.79. The van der Waals surface area contributed by atoms with E-state index < -0.39 is 0 Å². The second kappa shape index (κ2) is 10.1. The summed E-state index contributed by atoms with van der Waals surface area (Å²) in [7, 11) is 1.86. The summed E-state index contributed by atoms with van der Waals surface area (Å²) in [5.41, 5.74) is 0.319. The first kappa shape index (κ1) is 20.1. The fraction of sp³-hybridized carbons (Fsp3) is 0.850. The Bertz CT molecular complexity index is 583. The minimum atomic E-state index is 0.319. The number of piperidine rings is 1. The van der Waals surface area contributed by atoms with Crippen molar-refractivity contribution in [3.05, 3.63) is 12.2 Å². The smallest absolute Gasteiger partial charge is 0.191 e. The highest BCUT2D eigenvalue weighted by atomic mass is 15.3. The molecule has 0 bridgehead atoms. The van der Waals surface area contributed by atoms with E-state index in [1.54, 1.807) is 0 Å². The number of guanidine groups is 1. The Kier molecular flexibility index (Phi) is 7.50. The predicted molar refractivity (Wildman–Crippen MR) is 110 cm³/mol. The average molecular weight is 376 g/mol. The van der Waals surface area contributed by atoms with Crippen LogP contribution in [0.15, 0.2) is 11.3 Å². The first-order valence-corrected chi connectivity index (χ1v) is 10.8. The molecule has 2 fully saturated rings. The summed E-state index contributed by atoms with van der Waals surface area (Å²) in [5, 5.41) is 15.3. The quantitative estimate of drug-likeness (QED) is 0.565. The summed E-state index contributed by atoms with van der Waals surface area (Å²) in [4.78, 5) is 7.22. The van der Waals surface area contributed by atoms with Crippen LogP contribution in [0.2, 0.25) is 0 Å². The molecule has 7 nitrogen and oxygen atoms in total. The van der Waals surface area contributed by atoms with Crippen molar-refractivity contribution in [2.75, 3.05) is 33.2 Å². The molecule has 1 aromatic heterocycles. The normalized spacial score (nSPS) is 21.2. The molecule has 3 rings (SSSR count). The Morgan fingerprint density at radius 2 is 1.85 bits per heavy atom. The van der Waals surface area contributed by atoms with Crippen molar-refractivity contribution in [1.29, 1.82) is 0 Å². The Morgan fingerprint density at radius 1 is 1.11 bits per heavy atom. The van der Waals surface area contributed by atoms with E-state index in [1.807, 2.05) is 13.4 Å². The number of rotatable bonds is 7. The first-order chi connectivity index (χ1) is 13.3. The van der Waals surface area contributed by atoms with E-state index in [-0.39, 0.29) is 0 Å². The van der Waals surface area contributed by atoms with E-state index in [2.05, 4.69) is 42.2 Å². The van der Waals surface area contributed by atoms with E-state index >= 15 is 0 Å². The molecule has 0 spiro atoms. The molecule has 27 heavy (non-hydrogen) atoms. The third kappa shape index (κ3) is 5.21. The van der Waals surface area contributed by atoms with Gasteiger partial charge in [0.25, 0.3) is 0 Å². The molecule has 2 aliphatic rings. The molecule has 1 aliphatic heterocycles. The van der Waals surface area contributed by atoms with Crippen LogP contribution in [0.3, 0.4) is 0 Å². The highest BCUT2D eigenvalue weighted by Crippen LogP contribution is 2.35. The van der Waals surface area contributed by atoms with Gasteiger partial charge in [0.05, 0.1) is 0 Å². The number of hydrogen-bond acceptors (Lipinski definition) is 4. The average Bonchev–Trinajstić information content (AvgIpc) is 3.19. The first-order valence-electron chi connectivity index (χ1n) is 10.8. The molecule has 1 aromatic rings. The summed E-state index contributed by atoms with van der Waals surface area (Å²) in [5.74, 6) is 1.94.